The van der Waals surface area contributed by atoms with E-state index >= 15 is 0 Å². The van der Waals surface area contributed by atoms with Gasteiger partial charge in [0.1, 0.15) is 0 Å². The Balaban J connectivity index is 1.84. The summed E-state index contributed by atoms with van der Waals surface area (Å²) in [4.78, 5) is 13.7. The zero-order valence-electron chi connectivity index (χ0n) is 12.3. The number of nitrogens with one attached hydrogen (secondary N) is 1. The van der Waals surface area contributed by atoms with Gasteiger partial charge in [-0.1, -0.05) is 31.4 Å². The molecule has 1 amide bonds. The van der Waals surface area contributed by atoms with Crippen molar-refractivity contribution in [3.05, 3.63) is 35.4 Å². The average molecular weight is 275 g/mol. The van der Waals surface area contributed by atoms with Gasteiger partial charge < -0.3 is 4.90 Å². The Morgan fingerprint density at radius 1 is 1.25 bits per heavy atom. The maximum absolute atomic E-state index is 11.4. The molecule has 2 rings (SSSR count). The number of carbonyl (C=O) groups excluding carboxylic acids is 1. The smallest absolute Gasteiger partial charge is 0.265 e. The molecule has 1 aromatic carbocycles. The van der Waals surface area contributed by atoms with E-state index in [1.165, 1.54) is 44.2 Å². The van der Waals surface area contributed by atoms with Gasteiger partial charge in [0, 0.05) is 18.7 Å². The normalized spacial score (nSPS) is 16.4. The maximum Gasteiger partial charge on any atom is 0.265 e. The molecule has 1 aromatic rings. The minimum atomic E-state index is -0.243. The highest BCUT2D eigenvalue weighted by Gasteiger charge is 2.15. The highest BCUT2D eigenvalue weighted by molar-refractivity contribution is 5.93. The quantitative estimate of drug-likeness (QED) is 0.492. The van der Waals surface area contributed by atoms with Gasteiger partial charge in [-0.05, 0) is 43.5 Å². The van der Waals surface area contributed by atoms with E-state index in [0.717, 1.165) is 12.5 Å². The standard InChI is InChI=1S/C16H25N3O/c1-19(11-13-5-3-2-4-6-13)12-14-7-9-15(10-8-14)16(20)18-17/h7-10,13H,2-6,11-12,17H2,1H3,(H,18,20). The molecule has 0 spiro atoms. The Labute approximate surface area is 121 Å². The van der Waals surface area contributed by atoms with E-state index in [1.807, 2.05) is 24.3 Å². The highest BCUT2D eigenvalue weighted by Crippen LogP contribution is 2.24. The third kappa shape index (κ3) is 4.32. The van der Waals surface area contributed by atoms with Crippen molar-refractivity contribution in [1.82, 2.24) is 10.3 Å². The van der Waals surface area contributed by atoms with Gasteiger partial charge >= 0.3 is 0 Å². The summed E-state index contributed by atoms with van der Waals surface area (Å²) in [5.41, 5.74) is 3.98. The molecule has 20 heavy (non-hydrogen) atoms. The number of rotatable bonds is 5. The van der Waals surface area contributed by atoms with E-state index in [0.29, 0.717) is 5.56 Å². The third-order valence-corrected chi connectivity index (χ3v) is 4.09. The lowest BCUT2D eigenvalue weighted by molar-refractivity contribution is 0.0953. The van der Waals surface area contributed by atoms with Crippen LogP contribution in [0.4, 0.5) is 0 Å². The summed E-state index contributed by atoms with van der Waals surface area (Å²) in [6.07, 6.45) is 6.94. The van der Waals surface area contributed by atoms with E-state index in [2.05, 4.69) is 17.4 Å². The molecule has 0 bridgehead atoms. The Hall–Kier alpha value is -1.39. The monoisotopic (exact) mass is 275 g/mol. The molecule has 1 saturated carbocycles. The van der Waals surface area contributed by atoms with Crippen LogP contribution in [0.5, 0.6) is 0 Å². The summed E-state index contributed by atoms with van der Waals surface area (Å²) in [5.74, 6) is 5.73. The molecule has 0 saturated heterocycles. The van der Waals surface area contributed by atoms with Crippen molar-refractivity contribution in [2.45, 2.75) is 38.6 Å². The lowest BCUT2D eigenvalue weighted by Crippen LogP contribution is -2.30. The zero-order chi connectivity index (χ0) is 14.4. The van der Waals surface area contributed by atoms with Crippen molar-refractivity contribution in [2.24, 2.45) is 11.8 Å². The fraction of sp³-hybridized carbons (Fsp3) is 0.562. The van der Waals surface area contributed by atoms with Crippen molar-refractivity contribution in [3.63, 3.8) is 0 Å². The largest absolute Gasteiger partial charge is 0.302 e. The van der Waals surface area contributed by atoms with Crippen LogP contribution < -0.4 is 11.3 Å². The van der Waals surface area contributed by atoms with E-state index < -0.39 is 0 Å². The number of hydrogen-bond acceptors (Lipinski definition) is 3. The predicted molar refractivity (Wildman–Crippen MR) is 81.0 cm³/mol. The van der Waals surface area contributed by atoms with Crippen molar-refractivity contribution in [3.8, 4) is 0 Å². The van der Waals surface area contributed by atoms with E-state index in [1.54, 1.807) is 0 Å². The summed E-state index contributed by atoms with van der Waals surface area (Å²) in [5, 5.41) is 0. The number of hydrogen-bond donors (Lipinski definition) is 2. The molecule has 1 aliphatic rings. The van der Waals surface area contributed by atoms with Crippen LogP contribution in [0.25, 0.3) is 0 Å². The Kier molecular flexibility index (Phi) is 5.56. The molecule has 0 unspecified atom stereocenters. The minimum absolute atomic E-state index is 0.243. The lowest BCUT2D eigenvalue weighted by Gasteiger charge is -2.27. The van der Waals surface area contributed by atoms with Crippen molar-refractivity contribution in [2.75, 3.05) is 13.6 Å². The Morgan fingerprint density at radius 2 is 1.90 bits per heavy atom. The summed E-state index contributed by atoms with van der Waals surface area (Å²) in [7, 11) is 2.18. The first-order valence-corrected chi connectivity index (χ1v) is 7.47. The number of nitrogens with two attached hydrogens (primary N) is 1. The molecule has 1 aliphatic carbocycles. The van der Waals surface area contributed by atoms with Gasteiger partial charge in [0.15, 0.2) is 0 Å². The number of carbonyl (C=O) groups is 1. The maximum atomic E-state index is 11.4. The molecule has 0 radical (unpaired) electrons. The molecule has 4 nitrogen and oxygen atoms in total. The van der Waals surface area contributed by atoms with Gasteiger partial charge in [-0.25, -0.2) is 5.84 Å². The van der Waals surface area contributed by atoms with E-state index in [4.69, 9.17) is 5.84 Å². The topological polar surface area (TPSA) is 58.4 Å². The number of nitrogens with zero attached hydrogens (tertiary/aromatic N) is 1. The Morgan fingerprint density at radius 3 is 2.50 bits per heavy atom. The Bertz CT molecular complexity index is 424. The highest BCUT2D eigenvalue weighted by atomic mass is 16.2. The van der Waals surface area contributed by atoms with Crippen molar-refractivity contribution < 1.29 is 4.79 Å². The molecule has 0 atom stereocenters. The number of nitrogen functional groups attached to an aromatic ring is 1. The SMILES string of the molecule is CN(Cc1ccc(C(=O)NN)cc1)CC1CCCCC1. The second-order valence-corrected chi connectivity index (χ2v) is 5.87. The fourth-order valence-electron chi connectivity index (χ4n) is 3.03. The number of benzene rings is 1. The van der Waals surface area contributed by atoms with Crippen LogP contribution in [0.3, 0.4) is 0 Å². The van der Waals surface area contributed by atoms with Gasteiger partial charge in [-0.15, -0.1) is 0 Å². The second kappa shape index (κ2) is 7.41. The average Bonchev–Trinajstić information content (AvgIpc) is 2.48. The van der Waals surface area contributed by atoms with E-state index in [9.17, 15) is 4.79 Å². The molecule has 0 aliphatic heterocycles. The summed E-state index contributed by atoms with van der Waals surface area (Å²) < 4.78 is 0. The summed E-state index contributed by atoms with van der Waals surface area (Å²) in [6, 6.07) is 7.65. The summed E-state index contributed by atoms with van der Waals surface area (Å²) >= 11 is 0. The third-order valence-electron chi connectivity index (χ3n) is 4.09. The lowest BCUT2D eigenvalue weighted by atomic mass is 9.89. The van der Waals surface area contributed by atoms with Crippen LogP contribution in [-0.2, 0) is 6.54 Å². The van der Waals surface area contributed by atoms with Gasteiger partial charge in [0.05, 0.1) is 0 Å². The molecular formula is C16H25N3O. The van der Waals surface area contributed by atoms with Crippen molar-refractivity contribution >= 4 is 5.91 Å². The molecule has 4 heteroatoms. The van der Waals surface area contributed by atoms with Crippen LogP contribution in [0.1, 0.15) is 48.0 Å². The van der Waals surface area contributed by atoms with Crippen LogP contribution >= 0.6 is 0 Å². The first-order valence-electron chi connectivity index (χ1n) is 7.47. The molecule has 110 valence electrons. The summed E-state index contributed by atoms with van der Waals surface area (Å²) in [6.45, 7) is 2.10. The fourth-order valence-corrected chi connectivity index (χ4v) is 3.03. The number of amides is 1. The first kappa shape index (κ1) is 15.0. The minimum Gasteiger partial charge on any atom is -0.302 e. The zero-order valence-corrected chi connectivity index (χ0v) is 12.3. The molecule has 1 fully saturated rings. The van der Waals surface area contributed by atoms with Gasteiger partial charge in [0.25, 0.3) is 5.91 Å². The number of hydrazine groups is 1. The van der Waals surface area contributed by atoms with E-state index in [-0.39, 0.29) is 5.91 Å². The molecule has 3 N–H and O–H groups in total. The van der Waals surface area contributed by atoms with Gasteiger partial charge in [0.2, 0.25) is 0 Å². The molecular weight excluding hydrogens is 250 g/mol. The van der Waals surface area contributed by atoms with Crippen LogP contribution in [0.15, 0.2) is 24.3 Å². The van der Waals surface area contributed by atoms with Crippen LogP contribution in [0, 0.1) is 5.92 Å². The van der Waals surface area contributed by atoms with Crippen LogP contribution in [0.2, 0.25) is 0 Å². The van der Waals surface area contributed by atoms with Crippen molar-refractivity contribution in [1.29, 1.82) is 0 Å². The first-order chi connectivity index (χ1) is 9.69. The second-order valence-electron chi connectivity index (χ2n) is 5.87. The molecule has 0 aromatic heterocycles. The van der Waals surface area contributed by atoms with Gasteiger partial charge in [-0.3, -0.25) is 10.2 Å². The predicted octanol–water partition coefficient (Wildman–Crippen LogP) is 2.30. The van der Waals surface area contributed by atoms with Gasteiger partial charge in [-0.2, -0.15) is 0 Å². The molecule has 0 heterocycles. The van der Waals surface area contributed by atoms with Crippen LogP contribution in [-0.4, -0.2) is 24.4 Å².